The fraction of sp³-hybridized carbons (Fsp3) is 0. The van der Waals surface area contributed by atoms with E-state index in [-0.39, 0.29) is 0 Å². The second-order valence-corrected chi connectivity index (χ2v) is 13.7. The average molecular weight is 689 g/mol. The van der Waals surface area contributed by atoms with Crippen LogP contribution in [0.5, 0.6) is 0 Å². The highest BCUT2D eigenvalue weighted by Gasteiger charge is 2.24. The third kappa shape index (κ3) is 5.44. The van der Waals surface area contributed by atoms with E-state index in [2.05, 4.69) is 228 Å². The molecular weight excluding hydrogens is 653 g/mol. The Kier molecular flexibility index (Phi) is 7.85. The lowest BCUT2D eigenvalue weighted by Crippen LogP contribution is -2.13. The number of anilines is 3. The van der Waals surface area contributed by atoms with E-state index in [4.69, 9.17) is 0 Å². The van der Waals surface area contributed by atoms with Gasteiger partial charge in [-0.15, -0.1) is 0 Å². The van der Waals surface area contributed by atoms with Crippen LogP contribution < -0.4 is 4.90 Å². The van der Waals surface area contributed by atoms with Crippen LogP contribution in [0.2, 0.25) is 0 Å². The lowest BCUT2D eigenvalue weighted by atomic mass is 9.93. The van der Waals surface area contributed by atoms with E-state index in [0.29, 0.717) is 0 Å². The van der Waals surface area contributed by atoms with Gasteiger partial charge in [0, 0.05) is 33.3 Å². The van der Waals surface area contributed by atoms with Crippen molar-refractivity contribution in [1.82, 2.24) is 4.57 Å². The molecule has 10 rings (SSSR count). The van der Waals surface area contributed by atoms with Crippen molar-refractivity contribution in [3.05, 3.63) is 218 Å². The molecule has 2 heteroatoms. The van der Waals surface area contributed by atoms with Gasteiger partial charge in [-0.1, -0.05) is 176 Å². The van der Waals surface area contributed by atoms with Crippen LogP contribution in [0.15, 0.2) is 218 Å². The topological polar surface area (TPSA) is 8.17 Å². The Morgan fingerprint density at radius 2 is 0.926 bits per heavy atom. The number of nitrogens with zero attached hydrogens (tertiary/aromatic N) is 2. The van der Waals surface area contributed by atoms with Crippen molar-refractivity contribution in [3.8, 4) is 39.1 Å². The van der Waals surface area contributed by atoms with Crippen LogP contribution >= 0.6 is 0 Å². The molecule has 0 N–H and O–H groups in total. The van der Waals surface area contributed by atoms with Crippen LogP contribution in [0, 0.1) is 0 Å². The molecule has 254 valence electrons. The van der Waals surface area contributed by atoms with Gasteiger partial charge in [0.15, 0.2) is 0 Å². The summed E-state index contributed by atoms with van der Waals surface area (Å²) >= 11 is 0. The highest BCUT2D eigenvalue weighted by atomic mass is 15.2. The summed E-state index contributed by atoms with van der Waals surface area (Å²) in [5.41, 5.74) is 13.8. The highest BCUT2D eigenvalue weighted by molar-refractivity contribution is 6.12. The molecule has 1 heterocycles. The van der Waals surface area contributed by atoms with Crippen molar-refractivity contribution in [2.24, 2.45) is 0 Å². The van der Waals surface area contributed by atoms with Crippen molar-refractivity contribution < 1.29 is 0 Å². The zero-order valence-electron chi connectivity index (χ0n) is 29.7. The summed E-state index contributed by atoms with van der Waals surface area (Å²) < 4.78 is 2.41. The minimum absolute atomic E-state index is 1.08. The number of aromatic nitrogens is 1. The first-order chi connectivity index (χ1) is 26.8. The van der Waals surface area contributed by atoms with Crippen LogP contribution in [0.25, 0.3) is 71.6 Å². The Balaban J connectivity index is 1.34. The van der Waals surface area contributed by atoms with E-state index in [9.17, 15) is 0 Å². The summed E-state index contributed by atoms with van der Waals surface area (Å²) in [6, 6.07) is 79.1. The Morgan fingerprint density at radius 3 is 1.67 bits per heavy atom. The SMILES string of the molecule is c1ccc(-c2ccc(-c3ccccc3)c(N(c3ccc4c5ccccc5n(-c5ccccc5)c4c3)c3ccc4ccccc4c3-c3ccccc3)c2)cc1. The average Bonchev–Trinajstić information content (AvgIpc) is 3.58. The quantitative estimate of drug-likeness (QED) is 0.162. The van der Waals surface area contributed by atoms with Crippen LogP contribution in [-0.4, -0.2) is 4.57 Å². The van der Waals surface area contributed by atoms with E-state index in [1.54, 1.807) is 0 Å². The second kappa shape index (κ2) is 13.4. The van der Waals surface area contributed by atoms with E-state index >= 15 is 0 Å². The van der Waals surface area contributed by atoms with Crippen molar-refractivity contribution >= 4 is 49.6 Å². The monoisotopic (exact) mass is 688 g/mol. The molecular formula is C52H36N2. The molecule has 0 bridgehead atoms. The fourth-order valence-corrected chi connectivity index (χ4v) is 8.10. The van der Waals surface area contributed by atoms with Crippen LogP contribution in [0.1, 0.15) is 0 Å². The molecule has 0 radical (unpaired) electrons. The molecule has 0 atom stereocenters. The van der Waals surface area contributed by atoms with Gasteiger partial charge < -0.3 is 9.47 Å². The van der Waals surface area contributed by atoms with Crippen molar-refractivity contribution in [2.45, 2.75) is 0 Å². The number of hydrogen-bond acceptors (Lipinski definition) is 1. The van der Waals surface area contributed by atoms with Gasteiger partial charge in [0.25, 0.3) is 0 Å². The maximum Gasteiger partial charge on any atom is 0.0561 e. The molecule has 0 amide bonds. The van der Waals surface area contributed by atoms with Crippen LogP contribution in [0.3, 0.4) is 0 Å². The summed E-state index contributed by atoms with van der Waals surface area (Å²) in [7, 11) is 0. The van der Waals surface area contributed by atoms with Gasteiger partial charge in [0.1, 0.15) is 0 Å². The zero-order valence-corrected chi connectivity index (χ0v) is 29.7. The standard InChI is InChI=1S/C52H36N2/c1-5-17-37(18-6-1)41-29-32-44(38-19-7-2-8-20-38)50(35-41)54(49-34-30-39-21-13-14-26-45(39)52(49)40-22-9-3-10-23-40)43-31-33-47-46-27-15-16-28-48(46)53(51(47)36-43)42-24-11-4-12-25-42/h1-36H. The number of rotatable bonds is 7. The van der Waals surface area contributed by atoms with E-state index in [1.807, 2.05) is 0 Å². The molecule has 10 aromatic rings. The van der Waals surface area contributed by atoms with E-state index in [1.165, 1.54) is 49.3 Å². The maximum atomic E-state index is 2.50. The van der Waals surface area contributed by atoms with Gasteiger partial charge in [-0.3, -0.25) is 0 Å². The number of benzene rings is 9. The molecule has 1 aromatic heterocycles. The molecule has 0 saturated heterocycles. The van der Waals surface area contributed by atoms with Gasteiger partial charge in [-0.25, -0.2) is 0 Å². The molecule has 54 heavy (non-hydrogen) atoms. The van der Waals surface area contributed by atoms with Gasteiger partial charge in [0.2, 0.25) is 0 Å². The predicted octanol–water partition coefficient (Wildman–Crippen LogP) is 14.4. The molecule has 0 saturated carbocycles. The smallest absolute Gasteiger partial charge is 0.0561 e. The number of para-hydroxylation sites is 2. The molecule has 0 fully saturated rings. The molecule has 0 aliphatic heterocycles. The Bertz CT molecular complexity index is 2910. The maximum absolute atomic E-state index is 2.50. The predicted molar refractivity (Wildman–Crippen MR) is 229 cm³/mol. The lowest BCUT2D eigenvalue weighted by molar-refractivity contribution is 1.18. The Hall–Kier alpha value is -7.16. The molecule has 0 spiro atoms. The van der Waals surface area contributed by atoms with Gasteiger partial charge >= 0.3 is 0 Å². The minimum Gasteiger partial charge on any atom is -0.309 e. The summed E-state index contributed by atoms with van der Waals surface area (Å²) in [6.07, 6.45) is 0. The third-order valence-electron chi connectivity index (χ3n) is 10.6. The van der Waals surface area contributed by atoms with Crippen molar-refractivity contribution in [2.75, 3.05) is 4.90 Å². The van der Waals surface area contributed by atoms with E-state index in [0.717, 1.165) is 39.4 Å². The fourth-order valence-electron chi connectivity index (χ4n) is 8.10. The molecule has 2 nitrogen and oxygen atoms in total. The molecule has 0 aliphatic carbocycles. The molecule has 0 aliphatic rings. The van der Waals surface area contributed by atoms with Crippen molar-refractivity contribution in [1.29, 1.82) is 0 Å². The summed E-state index contributed by atoms with van der Waals surface area (Å²) in [5, 5.41) is 4.88. The lowest BCUT2D eigenvalue weighted by Gasteiger charge is -2.31. The molecule has 0 unspecified atom stereocenters. The van der Waals surface area contributed by atoms with Crippen LogP contribution in [-0.2, 0) is 0 Å². The Morgan fingerprint density at radius 1 is 0.333 bits per heavy atom. The summed E-state index contributed by atoms with van der Waals surface area (Å²) in [5.74, 6) is 0. The summed E-state index contributed by atoms with van der Waals surface area (Å²) in [4.78, 5) is 2.50. The summed E-state index contributed by atoms with van der Waals surface area (Å²) in [6.45, 7) is 0. The van der Waals surface area contributed by atoms with E-state index < -0.39 is 0 Å². The zero-order chi connectivity index (χ0) is 35.8. The second-order valence-electron chi connectivity index (χ2n) is 13.7. The highest BCUT2D eigenvalue weighted by Crippen LogP contribution is 2.49. The van der Waals surface area contributed by atoms with Gasteiger partial charge in [0.05, 0.1) is 22.4 Å². The third-order valence-corrected chi connectivity index (χ3v) is 10.6. The first kappa shape index (κ1) is 31.6. The van der Waals surface area contributed by atoms with Crippen LogP contribution in [0.4, 0.5) is 17.1 Å². The van der Waals surface area contributed by atoms with Crippen molar-refractivity contribution in [3.63, 3.8) is 0 Å². The normalized spacial score (nSPS) is 11.3. The number of hydrogen-bond donors (Lipinski definition) is 0. The number of fused-ring (bicyclic) bond motifs is 4. The first-order valence-corrected chi connectivity index (χ1v) is 18.5. The Labute approximate surface area is 315 Å². The largest absolute Gasteiger partial charge is 0.309 e. The first-order valence-electron chi connectivity index (χ1n) is 18.5. The van der Waals surface area contributed by atoms with Gasteiger partial charge in [-0.05, 0) is 75.5 Å². The minimum atomic E-state index is 1.08. The van der Waals surface area contributed by atoms with Gasteiger partial charge in [-0.2, -0.15) is 0 Å². The molecule has 9 aromatic carbocycles.